The maximum absolute atomic E-state index is 8.93. The van der Waals surface area contributed by atoms with Crippen LogP contribution in [0.4, 0.5) is 0 Å². The Hall–Kier alpha value is -0.910. The van der Waals surface area contributed by atoms with Gasteiger partial charge < -0.3 is 5.11 Å². The van der Waals surface area contributed by atoms with Gasteiger partial charge in [0, 0.05) is 11.1 Å². The second-order valence-corrected chi connectivity index (χ2v) is 5.00. The van der Waals surface area contributed by atoms with Gasteiger partial charge in [0.15, 0.2) is 0 Å². The van der Waals surface area contributed by atoms with Gasteiger partial charge in [-0.1, -0.05) is 23.9 Å². The summed E-state index contributed by atoms with van der Waals surface area (Å²) in [5, 5.41) is 9.81. The van der Waals surface area contributed by atoms with Crippen LogP contribution in [0, 0.1) is 0 Å². The Morgan fingerprint density at radius 3 is 2.62 bits per heavy atom. The van der Waals surface area contributed by atoms with E-state index in [1.165, 1.54) is 6.33 Å². The van der Waals surface area contributed by atoms with Crippen molar-refractivity contribution in [3.8, 4) is 0 Å². The molecule has 0 fully saturated rings. The second kappa shape index (κ2) is 5.43. The molecule has 2 aromatic rings. The third-order valence-electron chi connectivity index (χ3n) is 1.95. The molecule has 0 aliphatic rings. The fourth-order valence-corrected chi connectivity index (χ4v) is 2.36. The predicted octanol–water partition coefficient (Wildman–Crippen LogP) is 2.88. The van der Waals surface area contributed by atoms with E-state index in [2.05, 4.69) is 25.9 Å². The summed E-state index contributed by atoms with van der Waals surface area (Å²) in [5.41, 5.74) is 0.908. The first kappa shape index (κ1) is 11.6. The molecule has 0 radical (unpaired) electrons. The van der Waals surface area contributed by atoms with E-state index < -0.39 is 0 Å². The Morgan fingerprint density at radius 2 is 2.00 bits per heavy atom. The van der Waals surface area contributed by atoms with Crippen LogP contribution in [0.15, 0.2) is 51.2 Å². The Morgan fingerprint density at radius 1 is 1.25 bits per heavy atom. The maximum Gasteiger partial charge on any atom is 0.118 e. The van der Waals surface area contributed by atoms with Crippen molar-refractivity contribution in [3.63, 3.8) is 0 Å². The quantitative estimate of drug-likeness (QED) is 0.885. The number of aliphatic hydroxyl groups is 1. The second-order valence-electron chi connectivity index (χ2n) is 3.08. The zero-order chi connectivity index (χ0) is 11.4. The van der Waals surface area contributed by atoms with Crippen molar-refractivity contribution in [2.75, 3.05) is 0 Å². The zero-order valence-electron chi connectivity index (χ0n) is 8.30. The minimum atomic E-state index is 0.0716. The van der Waals surface area contributed by atoms with Gasteiger partial charge in [0.05, 0.1) is 11.1 Å². The molecular weight excluding hydrogens is 288 g/mol. The van der Waals surface area contributed by atoms with Gasteiger partial charge in [-0.15, -0.1) is 0 Å². The lowest BCUT2D eigenvalue weighted by Crippen LogP contribution is -1.85. The van der Waals surface area contributed by atoms with Crippen molar-refractivity contribution in [1.29, 1.82) is 0 Å². The summed E-state index contributed by atoms with van der Waals surface area (Å²) >= 11 is 4.95. The average Bonchev–Trinajstić information content (AvgIpc) is 2.33. The van der Waals surface area contributed by atoms with E-state index in [4.69, 9.17) is 5.11 Å². The summed E-state index contributed by atoms with van der Waals surface area (Å²) < 4.78 is 0.881. The Labute approximate surface area is 106 Å². The van der Waals surface area contributed by atoms with Gasteiger partial charge in [-0.25, -0.2) is 9.97 Å². The van der Waals surface area contributed by atoms with E-state index in [-0.39, 0.29) is 6.61 Å². The molecule has 0 amide bonds. The molecule has 0 aliphatic heterocycles. The van der Waals surface area contributed by atoms with Crippen molar-refractivity contribution in [2.45, 2.75) is 16.5 Å². The van der Waals surface area contributed by atoms with Crippen LogP contribution in [0.1, 0.15) is 5.56 Å². The molecule has 0 bridgehead atoms. The summed E-state index contributed by atoms with van der Waals surface area (Å²) in [6, 6.07) is 7.73. The highest BCUT2D eigenvalue weighted by Crippen LogP contribution is 2.30. The number of benzene rings is 1. The molecule has 5 heteroatoms. The fraction of sp³-hybridized carbons (Fsp3) is 0.0909. The smallest absolute Gasteiger partial charge is 0.118 e. The van der Waals surface area contributed by atoms with Gasteiger partial charge in [-0.05, 0) is 33.6 Å². The minimum absolute atomic E-state index is 0.0716. The first-order valence-corrected chi connectivity index (χ1v) is 6.23. The van der Waals surface area contributed by atoms with Crippen molar-refractivity contribution in [2.24, 2.45) is 0 Å². The summed E-state index contributed by atoms with van der Waals surface area (Å²) in [6.45, 7) is 0.0716. The summed E-state index contributed by atoms with van der Waals surface area (Å²) in [5.74, 6) is 0. The number of aliphatic hydroxyl groups excluding tert-OH is 1. The number of rotatable bonds is 3. The Kier molecular flexibility index (Phi) is 3.93. The van der Waals surface area contributed by atoms with Gasteiger partial charge >= 0.3 is 0 Å². The number of hydrogen-bond acceptors (Lipinski definition) is 4. The largest absolute Gasteiger partial charge is 0.392 e. The van der Waals surface area contributed by atoms with Crippen molar-refractivity contribution >= 4 is 27.7 Å². The Bertz CT molecular complexity index is 476. The van der Waals surface area contributed by atoms with Crippen LogP contribution in [0.25, 0.3) is 0 Å². The molecule has 0 aliphatic carbocycles. The molecule has 16 heavy (non-hydrogen) atoms. The summed E-state index contributed by atoms with van der Waals surface area (Å²) in [4.78, 5) is 9.16. The lowest BCUT2D eigenvalue weighted by molar-refractivity contribution is 0.282. The Balaban J connectivity index is 2.18. The van der Waals surface area contributed by atoms with Crippen molar-refractivity contribution in [3.05, 3.63) is 46.8 Å². The van der Waals surface area contributed by atoms with Gasteiger partial charge in [0.1, 0.15) is 11.4 Å². The summed E-state index contributed by atoms with van der Waals surface area (Å²) in [7, 11) is 0. The molecular formula is C11H9BrN2OS. The van der Waals surface area contributed by atoms with Crippen LogP contribution in [0.5, 0.6) is 0 Å². The lowest BCUT2D eigenvalue weighted by atomic mass is 10.2. The normalized spacial score (nSPS) is 10.4. The third kappa shape index (κ3) is 2.81. The highest BCUT2D eigenvalue weighted by atomic mass is 79.9. The van der Waals surface area contributed by atoms with E-state index in [0.717, 1.165) is 20.0 Å². The molecule has 0 saturated carbocycles. The molecule has 1 aromatic carbocycles. The van der Waals surface area contributed by atoms with Crippen LogP contribution in [0.3, 0.4) is 0 Å². The SMILES string of the molecule is OCc1ccc(Sc2ncncc2Br)cc1. The number of nitrogens with zero attached hydrogens (tertiary/aromatic N) is 2. The van der Waals surface area contributed by atoms with Crippen LogP contribution < -0.4 is 0 Å². The van der Waals surface area contributed by atoms with E-state index >= 15 is 0 Å². The summed E-state index contributed by atoms with van der Waals surface area (Å²) in [6.07, 6.45) is 3.24. The molecule has 0 atom stereocenters. The van der Waals surface area contributed by atoms with Crippen LogP contribution >= 0.6 is 27.7 Å². The van der Waals surface area contributed by atoms with Gasteiger partial charge in [0.2, 0.25) is 0 Å². The average molecular weight is 297 g/mol. The van der Waals surface area contributed by atoms with Crippen molar-refractivity contribution in [1.82, 2.24) is 9.97 Å². The first-order valence-electron chi connectivity index (χ1n) is 4.63. The number of hydrogen-bond donors (Lipinski definition) is 1. The van der Waals surface area contributed by atoms with Crippen LogP contribution in [0.2, 0.25) is 0 Å². The molecule has 0 unspecified atom stereocenters. The monoisotopic (exact) mass is 296 g/mol. The molecule has 3 nitrogen and oxygen atoms in total. The number of halogens is 1. The minimum Gasteiger partial charge on any atom is -0.392 e. The maximum atomic E-state index is 8.93. The first-order chi connectivity index (χ1) is 7.79. The van der Waals surface area contributed by atoms with E-state index in [9.17, 15) is 0 Å². The van der Waals surface area contributed by atoms with Crippen LogP contribution in [-0.4, -0.2) is 15.1 Å². The van der Waals surface area contributed by atoms with Gasteiger partial charge in [-0.3, -0.25) is 0 Å². The topological polar surface area (TPSA) is 46.0 Å². The predicted molar refractivity (Wildman–Crippen MR) is 66.2 cm³/mol. The fourth-order valence-electron chi connectivity index (χ4n) is 1.15. The van der Waals surface area contributed by atoms with Gasteiger partial charge in [0.25, 0.3) is 0 Å². The molecule has 0 saturated heterocycles. The molecule has 82 valence electrons. The van der Waals surface area contributed by atoms with Crippen molar-refractivity contribution < 1.29 is 5.11 Å². The molecule has 1 N–H and O–H groups in total. The van der Waals surface area contributed by atoms with Gasteiger partial charge in [-0.2, -0.15) is 0 Å². The van der Waals surface area contributed by atoms with Crippen LogP contribution in [-0.2, 0) is 6.61 Å². The highest BCUT2D eigenvalue weighted by Gasteiger charge is 2.03. The molecule has 1 heterocycles. The molecule has 2 rings (SSSR count). The van der Waals surface area contributed by atoms with E-state index in [1.807, 2.05) is 24.3 Å². The highest BCUT2D eigenvalue weighted by molar-refractivity contribution is 9.10. The molecule has 0 spiro atoms. The molecule has 1 aromatic heterocycles. The third-order valence-corrected chi connectivity index (χ3v) is 3.82. The van der Waals surface area contributed by atoms with E-state index in [1.54, 1.807) is 18.0 Å². The van der Waals surface area contributed by atoms with E-state index in [0.29, 0.717) is 0 Å². The zero-order valence-corrected chi connectivity index (χ0v) is 10.7. The lowest BCUT2D eigenvalue weighted by Gasteiger charge is -2.03. The number of aromatic nitrogens is 2. The standard InChI is InChI=1S/C11H9BrN2OS/c12-10-5-13-7-14-11(10)16-9-3-1-8(6-15)2-4-9/h1-5,7,15H,6H2.